The Kier molecular flexibility index (Phi) is 9.60. The summed E-state index contributed by atoms with van der Waals surface area (Å²) < 4.78 is 93.3. The monoisotopic (exact) mass is 636 g/mol. The number of carbonyl (C=O) groups is 1. The minimum atomic E-state index is -5.03. The van der Waals surface area contributed by atoms with E-state index in [1.807, 2.05) is 42.5 Å². The summed E-state index contributed by atoms with van der Waals surface area (Å²) in [6, 6.07) is 17.1. The first-order valence-electron chi connectivity index (χ1n) is 15.1. The molecule has 0 bridgehead atoms. The summed E-state index contributed by atoms with van der Waals surface area (Å²) in [6.45, 7) is 1.75. The summed E-state index contributed by atoms with van der Waals surface area (Å²) >= 11 is 0. The van der Waals surface area contributed by atoms with Gasteiger partial charge < -0.3 is 15.3 Å². The number of aliphatic hydroxyl groups is 1. The van der Waals surface area contributed by atoms with Gasteiger partial charge in [-0.1, -0.05) is 42.5 Å². The van der Waals surface area contributed by atoms with Crippen molar-refractivity contribution in [2.24, 2.45) is 0 Å². The highest BCUT2D eigenvalue weighted by atomic mass is 19.4. The minimum Gasteiger partial charge on any atom is -0.373 e. The Balaban J connectivity index is 1.26. The van der Waals surface area contributed by atoms with Crippen molar-refractivity contribution < 1.29 is 40.6 Å². The van der Waals surface area contributed by atoms with Crippen LogP contribution in [0, 0.1) is 5.82 Å². The summed E-state index contributed by atoms with van der Waals surface area (Å²) in [5, 5.41) is 13.9. The molecule has 2 aliphatic rings. The Morgan fingerprint density at radius 3 is 1.93 bits per heavy atom. The van der Waals surface area contributed by atoms with Crippen LogP contribution in [-0.2, 0) is 29.0 Å². The van der Waals surface area contributed by atoms with E-state index in [-0.39, 0.29) is 17.9 Å². The lowest BCUT2D eigenvalue weighted by atomic mass is 9.66. The molecular weight excluding hydrogens is 601 g/mol. The lowest BCUT2D eigenvalue weighted by Crippen LogP contribution is -2.55. The third-order valence-electron chi connectivity index (χ3n) is 9.42. The number of nitrogens with one attached hydrogen (secondary N) is 1. The van der Waals surface area contributed by atoms with E-state index in [0.717, 1.165) is 49.9 Å². The van der Waals surface area contributed by atoms with Crippen LogP contribution in [0.15, 0.2) is 72.8 Å². The van der Waals surface area contributed by atoms with Crippen LogP contribution in [-0.4, -0.2) is 41.3 Å². The molecule has 1 aliphatic carbocycles. The minimum absolute atomic E-state index is 0.0182. The molecule has 1 atom stereocenters. The molecule has 1 saturated heterocycles. The molecule has 1 saturated carbocycles. The van der Waals surface area contributed by atoms with Crippen molar-refractivity contribution in [2.75, 3.05) is 13.1 Å². The Bertz CT molecular complexity index is 1410. The third-order valence-corrected chi connectivity index (χ3v) is 9.42. The van der Waals surface area contributed by atoms with Crippen molar-refractivity contribution >= 4 is 5.91 Å². The molecule has 3 aromatic rings. The Morgan fingerprint density at radius 2 is 1.40 bits per heavy atom. The molecule has 5 rings (SSSR count). The number of halogens is 7. The summed E-state index contributed by atoms with van der Waals surface area (Å²) in [5.41, 5.74) is -2.41. The number of likely N-dealkylation sites (tertiary alicyclic amines) is 1. The van der Waals surface area contributed by atoms with Gasteiger partial charge in [0, 0.05) is 11.5 Å². The highest BCUT2D eigenvalue weighted by Crippen LogP contribution is 2.44. The topological polar surface area (TPSA) is 52.6 Å². The van der Waals surface area contributed by atoms with Gasteiger partial charge in [-0.25, -0.2) is 4.39 Å². The van der Waals surface area contributed by atoms with Gasteiger partial charge in [0.1, 0.15) is 12.0 Å². The maximum absolute atomic E-state index is 13.4. The average Bonchev–Trinajstić information content (AvgIpc) is 3.01. The average molecular weight is 637 g/mol. The Morgan fingerprint density at radius 1 is 0.844 bits per heavy atom. The van der Waals surface area contributed by atoms with Gasteiger partial charge in [0.2, 0.25) is 5.91 Å². The number of carbonyl (C=O) groups excluding carboxylic acids is 1. The smallest absolute Gasteiger partial charge is 0.373 e. The third kappa shape index (κ3) is 7.69. The predicted octanol–water partition coefficient (Wildman–Crippen LogP) is 7.60. The van der Waals surface area contributed by atoms with Gasteiger partial charge in [-0.15, -0.1) is 0 Å². The largest absolute Gasteiger partial charge is 0.416 e. The molecule has 0 aromatic heterocycles. The number of nitrogens with zero attached hydrogens (tertiary/aromatic N) is 1. The maximum atomic E-state index is 13.4. The second-order valence-corrected chi connectivity index (χ2v) is 12.2. The van der Waals surface area contributed by atoms with E-state index in [1.54, 1.807) is 0 Å². The van der Waals surface area contributed by atoms with Crippen LogP contribution in [0.2, 0.25) is 0 Å². The van der Waals surface area contributed by atoms with Crippen molar-refractivity contribution in [3.05, 3.63) is 106 Å². The number of piperidine rings is 1. The van der Waals surface area contributed by atoms with E-state index in [1.165, 1.54) is 12.1 Å². The zero-order chi connectivity index (χ0) is 32.4. The van der Waals surface area contributed by atoms with Crippen LogP contribution in [0.5, 0.6) is 0 Å². The molecule has 2 fully saturated rings. The molecule has 11 heteroatoms. The van der Waals surface area contributed by atoms with E-state index in [0.29, 0.717) is 30.9 Å². The molecule has 1 aliphatic heterocycles. The summed E-state index contributed by atoms with van der Waals surface area (Å²) in [4.78, 5) is 15.4. The standard InChI is InChI=1S/C34H35F7N2O2/c35-28-8-6-23(7-9-28)24-12-16-43(17-13-24)29-10-14-32(15-11-29,25-4-2-1-3-5-25)31(45)42-30(44)20-22-18-26(33(36,37)38)21-27(19-22)34(39,40)41/h1-9,18-19,21,24,29,31,45H,10-17,20H2,(H,42,44). The first kappa shape index (κ1) is 32.9. The number of rotatable bonds is 7. The van der Waals surface area contributed by atoms with Crippen LogP contribution >= 0.6 is 0 Å². The lowest BCUT2D eigenvalue weighted by molar-refractivity contribution is -0.143. The summed E-state index contributed by atoms with van der Waals surface area (Å²) in [6.07, 6.45) is -7.86. The van der Waals surface area contributed by atoms with Crippen molar-refractivity contribution in [3.63, 3.8) is 0 Å². The molecule has 242 valence electrons. The molecule has 0 radical (unpaired) electrons. The number of hydrogen-bond donors (Lipinski definition) is 2. The van der Waals surface area contributed by atoms with Crippen molar-refractivity contribution in [1.82, 2.24) is 10.2 Å². The molecule has 45 heavy (non-hydrogen) atoms. The number of alkyl halides is 6. The second kappa shape index (κ2) is 13.1. The first-order chi connectivity index (χ1) is 21.2. The Hall–Kier alpha value is -3.44. The van der Waals surface area contributed by atoms with Crippen LogP contribution in [0.4, 0.5) is 30.7 Å². The summed E-state index contributed by atoms with van der Waals surface area (Å²) in [5.74, 6) is -0.782. The zero-order valence-electron chi connectivity index (χ0n) is 24.5. The van der Waals surface area contributed by atoms with Crippen molar-refractivity contribution in [2.45, 2.75) is 80.9 Å². The number of benzene rings is 3. The number of hydrogen-bond acceptors (Lipinski definition) is 3. The van der Waals surface area contributed by atoms with E-state index in [2.05, 4.69) is 10.2 Å². The highest BCUT2D eigenvalue weighted by molar-refractivity contribution is 5.79. The van der Waals surface area contributed by atoms with Gasteiger partial charge in [0.25, 0.3) is 0 Å². The van der Waals surface area contributed by atoms with Crippen LogP contribution in [0.25, 0.3) is 0 Å². The summed E-state index contributed by atoms with van der Waals surface area (Å²) in [7, 11) is 0. The predicted molar refractivity (Wildman–Crippen MR) is 155 cm³/mol. The molecule has 0 spiro atoms. The van der Waals surface area contributed by atoms with E-state index in [4.69, 9.17) is 0 Å². The number of aliphatic hydroxyl groups excluding tert-OH is 1. The van der Waals surface area contributed by atoms with E-state index in [9.17, 15) is 40.6 Å². The molecule has 4 nitrogen and oxygen atoms in total. The normalized spacial score (nSPS) is 22.6. The van der Waals surface area contributed by atoms with Gasteiger partial charge in [-0.3, -0.25) is 4.79 Å². The van der Waals surface area contributed by atoms with Gasteiger partial charge in [-0.05, 0) is 105 Å². The van der Waals surface area contributed by atoms with Crippen molar-refractivity contribution in [3.8, 4) is 0 Å². The van der Waals surface area contributed by atoms with Crippen LogP contribution < -0.4 is 5.32 Å². The second-order valence-electron chi connectivity index (χ2n) is 12.2. The van der Waals surface area contributed by atoms with Crippen molar-refractivity contribution in [1.29, 1.82) is 0 Å². The van der Waals surface area contributed by atoms with E-state index >= 15 is 0 Å². The SMILES string of the molecule is O=C(Cc1cc(C(F)(F)F)cc(C(F)(F)F)c1)NC(O)C1(c2ccccc2)CCC(N2CCC(c3ccc(F)cc3)CC2)CC1. The molecule has 1 amide bonds. The fourth-order valence-corrected chi connectivity index (χ4v) is 6.95. The molecular formula is C34H35F7N2O2. The fraction of sp³-hybridized carbons (Fsp3) is 0.441. The lowest BCUT2D eigenvalue weighted by Gasteiger charge is -2.47. The highest BCUT2D eigenvalue weighted by Gasteiger charge is 2.45. The quantitative estimate of drug-likeness (QED) is 0.208. The van der Waals surface area contributed by atoms with Gasteiger partial charge in [0.15, 0.2) is 0 Å². The van der Waals surface area contributed by atoms with Gasteiger partial charge in [0.05, 0.1) is 17.5 Å². The van der Waals surface area contributed by atoms with Gasteiger partial charge in [-0.2, -0.15) is 26.3 Å². The number of amides is 1. The van der Waals surface area contributed by atoms with Crippen LogP contribution in [0.1, 0.15) is 72.3 Å². The fourth-order valence-electron chi connectivity index (χ4n) is 6.95. The Labute approximate surface area is 257 Å². The maximum Gasteiger partial charge on any atom is 0.416 e. The molecule has 3 aromatic carbocycles. The zero-order valence-corrected chi connectivity index (χ0v) is 24.5. The van der Waals surface area contributed by atoms with E-state index < -0.39 is 53.0 Å². The first-order valence-corrected chi connectivity index (χ1v) is 15.1. The molecule has 2 N–H and O–H groups in total. The molecule has 1 heterocycles. The molecule has 1 unspecified atom stereocenters. The van der Waals surface area contributed by atoms with Gasteiger partial charge >= 0.3 is 12.4 Å². The van der Waals surface area contributed by atoms with Crippen LogP contribution in [0.3, 0.4) is 0 Å².